The summed E-state index contributed by atoms with van der Waals surface area (Å²) in [5, 5.41) is 3.10. The molecule has 2 saturated heterocycles. The molecule has 0 aromatic rings. The maximum atomic E-state index is 12.1. The summed E-state index contributed by atoms with van der Waals surface area (Å²) in [6.45, 7) is 5.30. The lowest BCUT2D eigenvalue weighted by Crippen LogP contribution is -2.39. The van der Waals surface area contributed by atoms with Gasteiger partial charge in [-0.15, -0.1) is 0 Å². The fourth-order valence-electron chi connectivity index (χ4n) is 3.01. The zero-order chi connectivity index (χ0) is 12.1. The summed E-state index contributed by atoms with van der Waals surface area (Å²) >= 11 is 0. The van der Waals surface area contributed by atoms with Gasteiger partial charge in [-0.3, -0.25) is 9.69 Å². The average molecular weight is 239 g/mol. The van der Waals surface area contributed by atoms with Crippen LogP contribution in [0.4, 0.5) is 0 Å². The SMILES string of the molecule is CNCCCC(=O)N1CCCN2CCCC2C1. The van der Waals surface area contributed by atoms with Crippen LogP contribution < -0.4 is 5.32 Å². The van der Waals surface area contributed by atoms with E-state index < -0.39 is 0 Å². The van der Waals surface area contributed by atoms with E-state index in [9.17, 15) is 4.79 Å². The summed E-state index contributed by atoms with van der Waals surface area (Å²) in [6.07, 6.45) is 5.40. The lowest BCUT2D eigenvalue weighted by molar-refractivity contribution is -0.131. The first-order valence-electron chi connectivity index (χ1n) is 6.97. The van der Waals surface area contributed by atoms with Crippen LogP contribution in [0.3, 0.4) is 0 Å². The minimum absolute atomic E-state index is 0.356. The molecule has 2 rings (SSSR count). The summed E-state index contributed by atoms with van der Waals surface area (Å²) in [6, 6.07) is 0.644. The predicted octanol–water partition coefficient (Wildman–Crippen LogP) is 0.683. The number of nitrogens with one attached hydrogen (secondary N) is 1. The molecule has 0 saturated carbocycles. The lowest BCUT2D eigenvalue weighted by Gasteiger charge is -2.25. The molecule has 1 atom stereocenters. The van der Waals surface area contributed by atoms with E-state index in [1.54, 1.807) is 0 Å². The molecule has 1 unspecified atom stereocenters. The Bertz CT molecular complexity index is 257. The van der Waals surface area contributed by atoms with E-state index >= 15 is 0 Å². The molecule has 1 N–H and O–H groups in total. The van der Waals surface area contributed by atoms with E-state index in [-0.39, 0.29) is 0 Å². The van der Waals surface area contributed by atoms with Gasteiger partial charge in [0, 0.05) is 32.1 Å². The molecular weight excluding hydrogens is 214 g/mol. The number of rotatable bonds is 4. The Morgan fingerprint density at radius 2 is 2.12 bits per heavy atom. The Hall–Kier alpha value is -0.610. The second-order valence-corrected chi connectivity index (χ2v) is 5.23. The van der Waals surface area contributed by atoms with Gasteiger partial charge < -0.3 is 10.2 Å². The molecule has 0 aliphatic carbocycles. The number of carbonyl (C=O) groups is 1. The van der Waals surface area contributed by atoms with Gasteiger partial charge in [0.05, 0.1) is 0 Å². The minimum Gasteiger partial charge on any atom is -0.341 e. The van der Waals surface area contributed by atoms with Gasteiger partial charge in [0.2, 0.25) is 5.91 Å². The lowest BCUT2D eigenvalue weighted by atomic mass is 10.2. The van der Waals surface area contributed by atoms with Crippen LogP contribution in [0.25, 0.3) is 0 Å². The molecule has 4 nitrogen and oxygen atoms in total. The third kappa shape index (κ3) is 3.42. The number of fused-ring (bicyclic) bond motifs is 1. The van der Waals surface area contributed by atoms with Gasteiger partial charge in [0.15, 0.2) is 0 Å². The highest BCUT2D eigenvalue weighted by Crippen LogP contribution is 2.21. The van der Waals surface area contributed by atoms with Crippen molar-refractivity contribution in [2.45, 2.75) is 38.1 Å². The molecule has 98 valence electrons. The van der Waals surface area contributed by atoms with Gasteiger partial charge in [0.25, 0.3) is 0 Å². The standard InChI is InChI=1S/C13H25N3O/c1-14-7-2-6-13(17)16-10-4-9-15-8-3-5-12(15)11-16/h12,14H,2-11H2,1H3. The third-order valence-corrected chi connectivity index (χ3v) is 3.97. The van der Waals surface area contributed by atoms with Crippen molar-refractivity contribution in [3.8, 4) is 0 Å². The zero-order valence-corrected chi connectivity index (χ0v) is 11.0. The van der Waals surface area contributed by atoms with Crippen molar-refractivity contribution in [2.24, 2.45) is 0 Å². The van der Waals surface area contributed by atoms with Crippen LogP contribution in [-0.4, -0.2) is 61.5 Å². The van der Waals surface area contributed by atoms with Crippen molar-refractivity contribution in [3.05, 3.63) is 0 Å². The molecule has 0 aromatic carbocycles. The van der Waals surface area contributed by atoms with Gasteiger partial charge in [-0.25, -0.2) is 0 Å². The molecule has 0 spiro atoms. The molecule has 2 heterocycles. The van der Waals surface area contributed by atoms with Crippen LogP contribution in [0.2, 0.25) is 0 Å². The Balaban J connectivity index is 1.81. The van der Waals surface area contributed by atoms with Crippen molar-refractivity contribution in [1.29, 1.82) is 0 Å². The molecule has 1 amide bonds. The molecule has 0 radical (unpaired) electrons. The van der Waals surface area contributed by atoms with E-state index in [4.69, 9.17) is 0 Å². The quantitative estimate of drug-likeness (QED) is 0.733. The van der Waals surface area contributed by atoms with Crippen LogP contribution in [0.5, 0.6) is 0 Å². The number of hydrogen-bond acceptors (Lipinski definition) is 3. The summed E-state index contributed by atoms with van der Waals surface area (Å²) in [5.74, 6) is 0.356. The molecule has 0 bridgehead atoms. The van der Waals surface area contributed by atoms with Gasteiger partial charge >= 0.3 is 0 Å². The normalized spacial score (nSPS) is 25.7. The zero-order valence-electron chi connectivity index (χ0n) is 11.0. The predicted molar refractivity (Wildman–Crippen MR) is 69.0 cm³/mol. The first kappa shape index (κ1) is 12.8. The van der Waals surface area contributed by atoms with Crippen molar-refractivity contribution >= 4 is 5.91 Å². The Kier molecular flexibility index (Phi) is 4.80. The van der Waals surface area contributed by atoms with Gasteiger partial charge in [-0.05, 0) is 45.8 Å². The maximum Gasteiger partial charge on any atom is 0.222 e. The molecule has 2 aliphatic heterocycles. The van der Waals surface area contributed by atoms with E-state index in [1.807, 2.05) is 7.05 Å². The second-order valence-electron chi connectivity index (χ2n) is 5.23. The Labute approximate surface area is 104 Å². The highest BCUT2D eigenvalue weighted by Gasteiger charge is 2.30. The fourth-order valence-corrected chi connectivity index (χ4v) is 3.01. The van der Waals surface area contributed by atoms with Gasteiger partial charge in [-0.1, -0.05) is 0 Å². The van der Waals surface area contributed by atoms with E-state index in [1.165, 1.54) is 25.9 Å². The van der Waals surface area contributed by atoms with E-state index in [0.717, 1.165) is 32.5 Å². The topological polar surface area (TPSA) is 35.6 Å². The molecule has 0 aromatic heterocycles. The maximum absolute atomic E-state index is 12.1. The Morgan fingerprint density at radius 3 is 2.94 bits per heavy atom. The van der Waals surface area contributed by atoms with Crippen molar-refractivity contribution in [2.75, 3.05) is 39.8 Å². The number of nitrogens with zero attached hydrogens (tertiary/aromatic N) is 2. The average Bonchev–Trinajstić information content (AvgIpc) is 2.66. The first-order valence-corrected chi connectivity index (χ1v) is 6.97. The summed E-state index contributed by atoms with van der Waals surface area (Å²) < 4.78 is 0. The highest BCUT2D eigenvalue weighted by molar-refractivity contribution is 5.76. The largest absolute Gasteiger partial charge is 0.341 e. The van der Waals surface area contributed by atoms with Crippen molar-refractivity contribution in [1.82, 2.24) is 15.1 Å². The van der Waals surface area contributed by atoms with E-state index in [0.29, 0.717) is 18.4 Å². The molecular formula is C13H25N3O. The van der Waals surface area contributed by atoms with Gasteiger partial charge in [-0.2, -0.15) is 0 Å². The highest BCUT2D eigenvalue weighted by atomic mass is 16.2. The molecule has 4 heteroatoms. The second kappa shape index (κ2) is 6.36. The smallest absolute Gasteiger partial charge is 0.222 e. The van der Waals surface area contributed by atoms with Crippen LogP contribution in [0, 0.1) is 0 Å². The molecule has 2 fully saturated rings. The summed E-state index contributed by atoms with van der Waals surface area (Å²) in [7, 11) is 1.94. The van der Waals surface area contributed by atoms with Crippen LogP contribution in [0.1, 0.15) is 32.1 Å². The van der Waals surface area contributed by atoms with Crippen LogP contribution >= 0.6 is 0 Å². The first-order chi connectivity index (χ1) is 8.31. The third-order valence-electron chi connectivity index (χ3n) is 3.97. The van der Waals surface area contributed by atoms with E-state index in [2.05, 4.69) is 15.1 Å². The molecule has 17 heavy (non-hydrogen) atoms. The van der Waals surface area contributed by atoms with Crippen molar-refractivity contribution < 1.29 is 4.79 Å². The molecule has 2 aliphatic rings. The monoisotopic (exact) mass is 239 g/mol. The summed E-state index contributed by atoms with van der Waals surface area (Å²) in [4.78, 5) is 16.8. The number of hydrogen-bond donors (Lipinski definition) is 1. The summed E-state index contributed by atoms with van der Waals surface area (Å²) in [5.41, 5.74) is 0. The number of carbonyl (C=O) groups excluding carboxylic acids is 1. The Morgan fingerprint density at radius 1 is 1.29 bits per heavy atom. The van der Waals surface area contributed by atoms with Gasteiger partial charge in [0.1, 0.15) is 0 Å². The van der Waals surface area contributed by atoms with Crippen LogP contribution in [0.15, 0.2) is 0 Å². The van der Waals surface area contributed by atoms with Crippen LogP contribution in [-0.2, 0) is 4.79 Å². The van der Waals surface area contributed by atoms with Crippen molar-refractivity contribution in [3.63, 3.8) is 0 Å². The fraction of sp³-hybridized carbons (Fsp3) is 0.923. The minimum atomic E-state index is 0.356. The number of amides is 1.